The van der Waals surface area contributed by atoms with Crippen LogP contribution in [-0.2, 0) is 21.2 Å². The highest BCUT2D eigenvalue weighted by Crippen LogP contribution is 2.25. The standard InChI is InChI=1S/C27H32N2O4S/c1-4-33-25-14-12-23(13-15-25)9-8-16-28-27(30)20-29(24-18-21(2)17-22(3)19-24)34(31,32)26-10-6-5-7-11-26/h5-7,10-15,17-19H,4,8-9,16,20H2,1-3H3,(H,28,30). The maximum absolute atomic E-state index is 13.4. The molecule has 0 aliphatic carbocycles. The largest absolute Gasteiger partial charge is 0.494 e. The van der Waals surface area contributed by atoms with E-state index in [4.69, 9.17) is 4.74 Å². The molecule has 0 saturated heterocycles. The van der Waals surface area contributed by atoms with Crippen molar-refractivity contribution < 1.29 is 17.9 Å². The minimum Gasteiger partial charge on any atom is -0.494 e. The van der Waals surface area contributed by atoms with E-state index >= 15 is 0 Å². The first kappa shape index (κ1) is 25.3. The summed E-state index contributed by atoms with van der Waals surface area (Å²) in [6.45, 7) is 6.56. The van der Waals surface area contributed by atoms with Crippen LogP contribution in [0.4, 0.5) is 5.69 Å². The lowest BCUT2D eigenvalue weighted by molar-refractivity contribution is -0.119. The van der Waals surface area contributed by atoms with Crippen LogP contribution in [0.2, 0.25) is 0 Å². The fourth-order valence-corrected chi connectivity index (χ4v) is 5.18. The quantitative estimate of drug-likeness (QED) is 0.406. The van der Waals surface area contributed by atoms with E-state index in [0.29, 0.717) is 18.8 Å². The van der Waals surface area contributed by atoms with Gasteiger partial charge >= 0.3 is 0 Å². The summed E-state index contributed by atoms with van der Waals surface area (Å²) in [6, 6.07) is 21.6. The fourth-order valence-electron chi connectivity index (χ4n) is 3.76. The number of ether oxygens (including phenoxy) is 1. The molecular weight excluding hydrogens is 448 g/mol. The van der Waals surface area contributed by atoms with E-state index in [1.54, 1.807) is 42.5 Å². The highest BCUT2D eigenvalue weighted by molar-refractivity contribution is 7.92. The number of rotatable bonds is 11. The lowest BCUT2D eigenvalue weighted by Gasteiger charge is -2.25. The molecule has 0 unspecified atom stereocenters. The molecule has 3 aromatic carbocycles. The van der Waals surface area contributed by atoms with Crippen LogP contribution in [0.5, 0.6) is 5.75 Å². The van der Waals surface area contributed by atoms with Crippen LogP contribution in [0, 0.1) is 13.8 Å². The highest BCUT2D eigenvalue weighted by Gasteiger charge is 2.27. The predicted octanol–water partition coefficient (Wildman–Crippen LogP) is 4.65. The second-order valence-electron chi connectivity index (χ2n) is 8.20. The van der Waals surface area contributed by atoms with E-state index in [9.17, 15) is 13.2 Å². The van der Waals surface area contributed by atoms with Gasteiger partial charge in [-0.25, -0.2) is 8.42 Å². The summed E-state index contributed by atoms with van der Waals surface area (Å²) in [7, 11) is -3.90. The van der Waals surface area contributed by atoms with Crippen LogP contribution in [0.1, 0.15) is 30.0 Å². The number of anilines is 1. The van der Waals surface area contributed by atoms with E-state index < -0.39 is 10.0 Å². The van der Waals surface area contributed by atoms with Crippen LogP contribution in [0.25, 0.3) is 0 Å². The maximum Gasteiger partial charge on any atom is 0.264 e. The van der Waals surface area contributed by atoms with E-state index in [1.807, 2.05) is 51.1 Å². The molecule has 0 atom stereocenters. The predicted molar refractivity (Wildman–Crippen MR) is 136 cm³/mol. The van der Waals surface area contributed by atoms with Gasteiger partial charge in [-0.2, -0.15) is 0 Å². The Morgan fingerprint density at radius 3 is 2.21 bits per heavy atom. The third kappa shape index (κ3) is 6.84. The third-order valence-electron chi connectivity index (χ3n) is 5.31. The Kier molecular flexibility index (Phi) is 8.71. The number of sulfonamides is 1. The van der Waals surface area contributed by atoms with Gasteiger partial charge in [0.1, 0.15) is 12.3 Å². The van der Waals surface area contributed by atoms with Gasteiger partial charge < -0.3 is 10.1 Å². The van der Waals surface area contributed by atoms with Crippen molar-refractivity contribution in [2.24, 2.45) is 0 Å². The Morgan fingerprint density at radius 2 is 1.59 bits per heavy atom. The summed E-state index contributed by atoms with van der Waals surface area (Å²) in [5.41, 5.74) is 3.49. The summed E-state index contributed by atoms with van der Waals surface area (Å²) in [5.74, 6) is 0.496. The number of benzene rings is 3. The van der Waals surface area contributed by atoms with Crippen LogP contribution in [0.3, 0.4) is 0 Å². The van der Waals surface area contributed by atoms with Crippen molar-refractivity contribution in [1.29, 1.82) is 0 Å². The molecule has 0 spiro atoms. The summed E-state index contributed by atoms with van der Waals surface area (Å²) < 4.78 is 33.5. The Morgan fingerprint density at radius 1 is 0.941 bits per heavy atom. The molecule has 0 radical (unpaired) electrons. The molecule has 180 valence electrons. The number of nitrogens with zero attached hydrogens (tertiary/aromatic N) is 1. The lowest BCUT2D eigenvalue weighted by atomic mass is 10.1. The number of carbonyl (C=O) groups is 1. The van der Waals surface area contributed by atoms with Gasteiger partial charge in [-0.3, -0.25) is 9.10 Å². The second kappa shape index (κ2) is 11.7. The molecule has 0 saturated carbocycles. The van der Waals surface area contributed by atoms with Gasteiger partial charge in [-0.05, 0) is 86.7 Å². The summed E-state index contributed by atoms with van der Waals surface area (Å²) >= 11 is 0. The molecule has 3 rings (SSSR count). The van der Waals surface area contributed by atoms with Crippen LogP contribution in [0.15, 0.2) is 77.7 Å². The molecule has 34 heavy (non-hydrogen) atoms. The minimum atomic E-state index is -3.90. The van der Waals surface area contributed by atoms with Crippen LogP contribution < -0.4 is 14.4 Å². The normalized spacial score (nSPS) is 11.1. The van der Waals surface area contributed by atoms with E-state index in [2.05, 4.69) is 5.32 Å². The molecule has 3 aromatic rings. The van der Waals surface area contributed by atoms with Crippen molar-refractivity contribution in [3.05, 3.63) is 89.5 Å². The SMILES string of the molecule is CCOc1ccc(CCCNC(=O)CN(c2cc(C)cc(C)c2)S(=O)(=O)c2ccccc2)cc1. The topological polar surface area (TPSA) is 75.7 Å². The maximum atomic E-state index is 13.4. The number of amides is 1. The third-order valence-corrected chi connectivity index (χ3v) is 7.10. The number of carbonyl (C=O) groups excluding carboxylic acids is 1. The van der Waals surface area contributed by atoms with Gasteiger partial charge in [0.25, 0.3) is 10.0 Å². The van der Waals surface area contributed by atoms with E-state index in [1.165, 1.54) is 4.31 Å². The van der Waals surface area contributed by atoms with Crippen molar-refractivity contribution in [2.75, 3.05) is 24.0 Å². The van der Waals surface area contributed by atoms with Crippen molar-refractivity contribution >= 4 is 21.6 Å². The molecule has 7 heteroatoms. The summed E-state index contributed by atoms with van der Waals surface area (Å²) in [5, 5.41) is 2.87. The zero-order valence-electron chi connectivity index (χ0n) is 20.0. The second-order valence-corrected chi connectivity index (χ2v) is 10.1. The molecular formula is C27H32N2O4S. The summed E-state index contributed by atoms with van der Waals surface area (Å²) in [6.07, 6.45) is 1.55. The fraction of sp³-hybridized carbons (Fsp3) is 0.296. The lowest BCUT2D eigenvalue weighted by Crippen LogP contribution is -2.41. The first-order valence-electron chi connectivity index (χ1n) is 11.4. The molecule has 0 aliphatic rings. The van der Waals surface area contributed by atoms with Crippen molar-refractivity contribution in [2.45, 2.75) is 38.5 Å². The van der Waals surface area contributed by atoms with E-state index in [-0.39, 0.29) is 17.3 Å². The molecule has 0 heterocycles. The smallest absolute Gasteiger partial charge is 0.264 e. The Labute approximate surface area is 202 Å². The van der Waals surface area contributed by atoms with Crippen molar-refractivity contribution in [1.82, 2.24) is 5.32 Å². The average molecular weight is 481 g/mol. The minimum absolute atomic E-state index is 0.150. The molecule has 0 aromatic heterocycles. The number of nitrogens with one attached hydrogen (secondary N) is 1. The van der Waals surface area contributed by atoms with Crippen molar-refractivity contribution in [3.63, 3.8) is 0 Å². The first-order chi connectivity index (χ1) is 16.3. The Bertz CT molecular complexity index is 1170. The van der Waals surface area contributed by atoms with Gasteiger partial charge in [-0.15, -0.1) is 0 Å². The molecule has 0 fully saturated rings. The first-order valence-corrected chi connectivity index (χ1v) is 12.9. The van der Waals surface area contributed by atoms with Crippen molar-refractivity contribution in [3.8, 4) is 5.75 Å². The molecule has 0 bridgehead atoms. The number of hydrogen-bond donors (Lipinski definition) is 1. The van der Waals surface area contributed by atoms with Gasteiger partial charge in [0.05, 0.1) is 17.2 Å². The molecule has 6 nitrogen and oxygen atoms in total. The zero-order chi connectivity index (χ0) is 24.6. The highest BCUT2D eigenvalue weighted by atomic mass is 32.2. The van der Waals surface area contributed by atoms with Crippen LogP contribution >= 0.6 is 0 Å². The Balaban J connectivity index is 1.67. The van der Waals surface area contributed by atoms with Gasteiger partial charge in [-0.1, -0.05) is 36.4 Å². The van der Waals surface area contributed by atoms with Crippen LogP contribution in [-0.4, -0.2) is 34.0 Å². The zero-order valence-corrected chi connectivity index (χ0v) is 20.8. The summed E-state index contributed by atoms with van der Waals surface area (Å²) in [4.78, 5) is 12.9. The molecule has 1 N–H and O–H groups in total. The van der Waals surface area contributed by atoms with Gasteiger partial charge in [0.15, 0.2) is 0 Å². The Hall–Kier alpha value is -3.32. The van der Waals surface area contributed by atoms with E-state index in [0.717, 1.165) is 35.3 Å². The monoisotopic (exact) mass is 480 g/mol. The average Bonchev–Trinajstić information content (AvgIpc) is 2.81. The molecule has 0 aliphatic heterocycles. The van der Waals surface area contributed by atoms with Gasteiger partial charge in [0.2, 0.25) is 5.91 Å². The van der Waals surface area contributed by atoms with Gasteiger partial charge in [0, 0.05) is 6.54 Å². The number of hydrogen-bond acceptors (Lipinski definition) is 4. The number of aryl methyl sites for hydroxylation is 3. The molecule has 1 amide bonds.